The average Bonchev–Trinajstić information content (AvgIpc) is 2.82. The monoisotopic (exact) mass is 410 g/mol. The number of rotatable bonds is 0. The SMILES string of the molecule is CC1(C)CC2(CC(C)(C)c3cc([NH3+])c(O)cc32)c2cc(O)c([NH3+])cc21.[Cl-].[Cl-]. The van der Waals surface area contributed by atoms with Crippen molar-refractivity contribution in [1.29, 1.82) is 0 Å². The minimum absolute atomic E-state index is 0. The van der Waals surface area contributed by atoms with E-state index < -0.39 is 0 Å². The van der Waals surface area contributed by atoms with Gasteiger partial charge in [0, 0.05) is 17.5 Å². The molecule has 2 aromatic carbocycles. The molecule has 0 saturated heterocycles. The third kappa shape index (κ3) is 2.82. The van der Waals surface area contributed by atoms with Crippen LogP contribution >= 0.6 is 0 Å². The summed E-state index contributed by atoms with van der Waals surface area (Å²) in [6, 6.07) is 7.90. The Kier molecular flexibility index (Phi) is 5.08. The lowest BCUT2D eigenvalue weighted by molar-refractivity contribution is -0.257. The molecule has 0 heterocycles. The van der Waals surface area contributed by atoms with Crippen LogP contribution in [0.5, 0.6) is 11.5 Å². The van der Waals surface area contributed by atoms with Crippen molar-refractivity contribution in [2.45, 2.75) is 56.8 Å². The molecular formula is C21H28Cl2N2O2. The number of quaternary nitrogens is 2. The fourth-order valence-corrected chi connectivity index (χ4v) is 5.47. The van der Waals surface area contributed by atoms with E-state index in [1.807, 2.05) is 24.3 Å². The first-order valence-electron chi connectivity index (χ1n) is 8.88. The van der Waals surface area contributed by atoms with Crippen LogP contribution in [-0.4, -0.2) is 10.2 Å². The van der Waals surface area contributed by atoms with Crippen molar-refractivity contribution in [2.75, 3.05) is 0 Å². The molecule has 0 atom stereocenters. The van der Waals surface area contributed by atoms with Crippen LogP contribution in [0.15, 0.2) is 24.3 Å². The summed E-state index contributed by atoms with van der Waals surface area (Å²) in [4.78, 5) is 0. The van der Waals surface area contributed by atoms with Crippen LogP contribution in [0.25, 0.3) is 0 Å². The molecule has 0 aromatic heterocycles. The number of phenols is 2. The molecule has 0 fully saturated rings. The summed E-state index contributed by atoms with van der Waals surface area (Å²) in [5, 5.41) is 20.7. The summed E-state index contributed by atoms with van der Waals surface area (Å²) in [5.74, 6) is 0.500. The van der Waals surface area contributed by atoms with Crippen LogP contribution < -0.4 is 36.3 Å². The second kappa shape index (κ2) is 6.28. The Labute approximate surface area is 172 Å². The maximum Gasteiger partial charge on any atom is 0.177 e. The van der Waals surface area contributed by atoms with Gasteiger partial charge in [0.05, 0.1) is 0 Å². The number of hydrogen-bond donors (Lipinski definition) is 4. The highest BCUT2D eigenvalue weighted by atomic mass is 35.5. The molecule has 6 heteroatoms. The number of fused-ring (bicyclic) bond motifs is 4. The highest BCUT2D eigenvalue weighted by molar-refractivity contribution is 5.66. The number of halogens is 2. The Hall–Kier alpha value is -1.46. The maximum atomic E-state index is 10.4. The van der Waals surface area contributed by atoms with Crippen molar-refractivity contribution in [3.8, 4) is 11.5 Å². The molecule has 1 spiro atoms. The molecule has 0 unspecified atom stereocenters. The Morgan fingerprint density at radius 3 is 1.33 bits per heavy atom. The Morgan fingerprint density at radius 1 is 0.667 bits per heavy atom. The second-order valence-corrected chi connectivity index (χ2v) is 9.26. The molecule has 4 rings (SSSR count). The first-order chi connectivity index (χ1) is 11.5. The molecule has 2 aliphatic rings. The molecule has 0 saturated carbocycles. The lowest BCUT2D eigenvalue weighted by atomic mass is 9.72. The summed E-state index contributed by atoms with van der Waals surface area (Å²) in [6.45, 7) is 9.05. The maximum absolute atomic E-state index is 10.4. The molecule has 27 heavy (non-hydrogen) atoms. The third-order valence-corrected chi connectivity index (χ3v) is 6.41. The zero-order valence-electron chi connectivity index (χ0n) is 16.3. The van der Waals surface area contributed by atoms with Gasteiger partial charge in [-0.3, -0.25) is 0 Å². The second-order valence-electron chi connectivity index (χ2n) is 9.26. The molecule has 2 aromatic rings. The third-order valence-electron chi connectivity index (χ3n) is 6.41. The highest BCUT2D eigenvalue weighted by Gasteiger charge is 2.57. The van der Waals surface area contributed by atoms with E-state index in [0.717, 1.165) is 12.8 Å². The van der Waals surface area contributed by atoms with Crippen LogP contribution in [-0.2, 0) is 16.2 Å². The van der Waals surface area contributed by atoms with Gasteiger partial charge in [0.15, 0.2) is 22.9 Å². The average molecular weight is 411 g/mol. The van der Waals surface area contributed by atoms with E-state index in [0.29, 0.717) is 11.4 Å². The fraction of sp³-hybridized carbons (Fsp3) is 0.429. The van der Waals surface area contributed by atoms with Crippen molar-refractivity contribution >= 4 is 11.4 Å². The van der Waals surface area contributed by atoms with E-state index in [1.54, 1.807) is 0 Å². The topological polar surface area (TPSA) is 95.7 Å². The standard InChI is InChI=1S/C21H26N2O2.2ClH/c1-19(2)9-21(13-7-17(24)15(22)5-11(13)19)10-20(3,4)12-6-16(23)18(25)8-14(12)21;;/h5-8,24-25H,9-10,22-23H2,1-4H3;2*1H. The van der Waals surface area contributed by atoms with Crippen LogP contribution in [0.3, 0.4) is 0 Å². The van der Waals surface area contributed by atoms with E-state index in [-0.39, 0.29) is 52.6 Å². The van der Waals surface area contributed by atoms with Crippen molar-refractivity contribution in [3.63, 3.8) is 0 Å². The lowest BCUT2D eigenvalue weighted by Gasteiger charge is -2.30. The van der Waals surface area contributed by atoms with E-state index in [4.69, 9.17) is 0 Å². The summed E-state index contributed by atoms with van der Waals surface area (Å²) >= 11 is 0. The predicted octanol–water partition coefficient (Wildman–Crippen LogP) is -3.50. The van der Waals surface area contributed by atoms with Crippen LogP contribution in [0.2, 0.25) is 0 Å². The largest absolute Gasteiger partial charge is 1.00 e. The van der Waals surface area contributed by atoms with E-state index in [9.17, 15) is 10.2 Å². The van der Waals surface area contributed by atoms with Gasteiger partial charge in [-0.1, -0.05) is 27.7 Å². The number of hydrogen-bond acceptors (Lipinski definition) is 2. The van der Waals surface area contributed by atoms with Gasteiger partial charge in [-0.15, -0.1) is 0 Å². The van der Waals surface area contributed by atoms with Gasteiger partial charge >= 0.3 is 0 Å². The summed E-state index contributed by atoms with van der Waals surface area (Å²) < 4.78 is 0. The first-order valence-corrected chi connectivity index (χ1v) is 8.88. The van der Waals surface area contributed by atoms with Crippen molar-refractivity contribution in [2.24, 2.45) is 0 Å². The quantitative estimate of drug-likeness (QED) is 0.362. The Bertz CT molecular complexity index is 847. The minimum Gasteiger partial charge on any atom is -1.00 e. The number of benzene rings is 2. The van der Waals surface area contributed by atoms with E-state index in [1.165, 1.54) is 22.3 Å². The molecule has 2 aliphatic carbocycles. The zero-order valence-corrected chi connectivity index (χ0v) is 17.8. The van der Waals surface area contributed by atoms with E-state index in [2.05, 4.69) is 39.2 Å². The molecule has 0 radical (unpaired) electrons. The van der Waals surface area contributed by atoms with Gasteiger partial charge < -0.3 is 46.5 Å². The van der Waals surface area contributed by atoms with E-state index >= 15 is 0 Å². The van der Waals surface area contributed by atoms with Crippen LogP contribution in [0, 0.1) is 0 Å². The zero-order chi connectivity index (χ0) is 18.4. The molecule has 0 aliphatic heterocycles. The minimum atomic E-state index is -0.186. The summed E-state index contributed by atoms with van der Waals surface area (Å²) in [5.41, 5.74) is 14.0. The van der Waals surface area contributed by atoms with Gasteiger partial charge in [-0.25, -0.2) is 0 Å². The first kappa shape index (κ1) is 21.8. The number of phenolic OH excluding ortho intramolecular Hbond substituents is 2. The lowest BCUT2D eigenvalue weighted by Crippen LogP contribution is -3.00. The molecule has 8 N–H and O–H groups in total. The molecule has 4 nitrogen and oxygen atoms in total. The van der Waals surface area contributed by atoms with Crippen LogP contribution in [0.4, 0.5) is 11.4 Å². The highest BCUT2D eigenvalue weighted by Crippen LogP contribution is 2.64. The van der Waals surface area contributed by atoms with Crippen LogP contribution in [0.1, 0.15) is 62.8 Å². The van der Waals surface area contributed by atoms with Gasteiger partial charge in [-0.2, -0.15) is 0 Å². The molecular weight excluding hydrogens is 383 g/mol. The van der Waals surface area contributed by atoms with Gasteiger partial charge in [0.1, 0.15) is 0 Å². The molecule has 148 valence electrons. The Morgan fingerprint density at radius 2 is 1.00 bits per heavy atom. The van der Waals surface area contributed by atoms with Gasteiger partial charge in [0.2, 0.25) is 0 Å². The smallest absolute Gasteiger partial charge is 0.177 e. The van der Waals surface area contributed by atoms with Crippen molar-refractivity contribution in [1.82, 2.24) is 0 Å². The predicted molar refractivity (Wildman–Crippen MR) is 97.4 cm³/mol. The van der Waals surface area contributed by atoms with Crippen molar-refractivity contribution < 1.29 is 46.5 Å². The number of aromatic hydroxyl groups is 2. The Balaban J connectivity index is 0.00000131. The normalized spacial score (nSPS) is 19.8. The summed E-state index contributed by atoms with van der Waals surface area (Å²) in [7, 11) is 0. The summed E-state index contributed by atoms with van der Waals surface area (Å²) in [6.07, 6.45) is 1.93. The van der Waals surface area contributed by atoms with Gasteiger partial charge in [0.25, 0.3) is 0 Å². The molecule has 0 amide bonds. The fourth-order valence-electron chi connectivity index (χ4n) is 5.47. The molecule has 0 bridgehead atoms. The van der Waals surface area contributed by atoms with Gasteiger partial charge in [-0.05, 0) is 58.1 Å². The van der Waals surface area contributed by atoms with Crippen molar-refractivity contribution in [3.05, 3.63) is 46.5 Å².